The molecule has 1 N–H and O–H groups in total. The molecule has 1 atom stereocenters. The van der Waals surface area contributed by atoms with Crippen LogP contribution in [0.2, 0.25) is 5.02 Å². The molecule has 1 rings (SSSR count). The average Bonchev–Trinajstić information content (AvgIpc) is 2.39. The highest BCUT2D eigenvalue weighted by Crippen LogP contribution is 2.18. The second-order valence-electron chi connectivity index (χ2n) is 4.31. The van der Waals surface area contributed by atoms with Crippen LogP contribution in [0.25, 0.3) is 0 Å². The number of benzene rings is 1. The topological polar surface area (TPSA) is 32.3 Å². The van der Waals surface area contributed by atoms with Crippen LogP contribution in [0.4, 0.5) is 4.39 Å². The summed E-state index contributed by atoms with van der Waals surface area (Å²) < 4.78 is 13.6. The maximum atomic E-state index is 13.6. The van der Waals surface area contributed by atoms with E-state index in [2.05, 4.69) is 5.32 Å². The highest BCUT2D eigenvalue weighted by molar-refractivity contribution is 6.31. The van der Waals surface area contributed by atoms with Gasteiger partial charge in [-0.05, 0) is 32.9 Å². The summed E-state index contributed by atoms with van der Waals surface area (Å²) in [5.41, 5.74) is 0.392. The Labute approximate surface area is 118 Å². The van der Waals surface area contributed by atoms with Crippen LogP contribution in [-0.4, -0.2) is 29.9 Å². The number of nitrogens with one attached hydrogen (secondary N) is 1. The molecule has 0 fully saturated rings. The van der Waals surface area contributed by atoms with Gasteiger partial charge < -0.3 is 10.2 Å². The van der Waals surface area contributed by atoms with E-state index in [1.165, 1.54) is 6.07 Å². The van der Waals surface area contributed by atoms with E-state index in [1.807, 2.05) is 13.8 Å². The largest absolute Gasteiger partial charge is 0.342 e. The summed E-state index contributed by atoms with van der Waals surface area (Å²) in [5.74, 6) is -0.347. The van der Waals surface area contributed by atoms with Crippen LogP contribution in [0.3, 0.4) is 0 Å². The second kappa shape index (κ2) is 7.46. The van der Waals surface area contributed by atoms with Crippen molar-refractivity contribution in [3.8, 4) is 0 Å². The van der Waals surface area contributed by atoms with Crippen LogP contribution in [0.15, 0.2) is 18.2 Å². The van der Waals surface area contributed by atoms with Crippen molar-refractivity contribution in [1.82, 2.24) is 10.2 Å². The summed E-state index contributed by atoms with van der Waals surface area (Å²) in [6.45, 7) is 7.21. The Morgan fingerprint density at radius 2 is 2.05 bits per heavy atom. The summed E-state index contributed by atoms with van der Waals surface area (Å²) in [4.78, 5) is 13.8. The fourth-order valence-electron chi connectivity index (χ4n) is 1.85. The third-order valence-corrected chi connectivity index (χ3v) is 3.45. The lowest BCUT2D eigenvalue weighted by atomic mass is 10.2. The van der Waals surface area contributed by atoms with Gasteiger partial charge in [0, 0.05) is 30.2 Å². The van der Waals surface area contributed by atoms with Crippen LogP contribution >= 0.6 is 11.6 Å². The summed E-state index contributed by atoms with van der Waals surface area (Å²) in [7, 11) is 0. The van der Waals surface area contributed by atoms with Gasteiger partial charge in [0.25, 0.3) is 0 Å². The molecule has 0 aliphatic carbocycles. The first-order chi connectivity index (χ1) is 9.01. The van der Waals surface area contributed by atoms with Gasteiger partial charge in [-0.3, -0.25) is 4.79 Å². The monoisotopic (exact) mass is 286 g/mol. The predicted molar refractivity (Wildman–Crippen MR) is 75.6 cm³/mol. The zero-order valence-electron chi connectivity index (χ0n) is 11.5. The van der Waals surface area contributed by atoms with E-state index >= 15 is 0 Å². The van der Waals surface area contributed by atoms with Gasteiger partial charge in [-0.25, -0.2) is 4.39 Å². The van der Waals surface area contributed by atoms with Crippen molar-refractivity contribution in [2.24, 2.45) is 0 Å². The lowest BCUT2D eigenvalue weighted by Crippen LogP contribution is -2.44. The lowest BCUT2D eigenvalue weighted by molar-refractivity contribution is -0.132. The molecule has 1 unspecified atom stereocenters. The molecule has 0 heterocycles. The highest BCUT2D eigenvalue weighted by Gasteiger charge is 2.18. The Kier molecular flexibility index (Phi) is 6.25. The number of hydrogen-bond donors (Lipinski definition) is 1. The van der Waals surface area contributed by atoms with Crippen molar-refractivity contribution in [3.63, 3.8) is 0 Å². The standard InChI is InChI=1S/C14H20ClFN2O/c1-4-18(5-2)14(19)10(3)17-9-11-12(15)7-6-8-13(11)16/h6-8,10,17H,4-5,9H2,1-3H3. The van der Waals surface area contributed by atoms with E-state index in [9.17, 15) is 9.18 Å². The molecule has 106 valence electrons. The summed E-state index contributed by atoms with van der Waals surface area (Å²) in [5, 5.41) is 3.38. The molecular weight excluding hydrogens is 267 g/mol. The van der Waals surface area contributed by atoms with Crippen molar-refractivity contribution >= 4 is 17.5 Å². The molecule has 0 aliphatic rings. The molecule has 0 spiro atoms. The molecule has 1 aromatic carbocycles. The van der Waals surface area contributed by atoms with Gasteiger partial charge in [-0.2, -0.15) is 0 Å². The number of carbonyl (C=O) groups excluding carboxylic acids is 1. The summed E-state index contributed by atoms with van der Waals surface area (Å²) in [6.07, 6.45) is 0. The molecule has 0 saturated heterocycles. The van der Waals surface area contributed by atoms with Gasteiger partial charge in [0.1, 0.15) is 5.82 Å². The fourth-order valence-corrected chi connectivity index (χ4v) is 2.08. The van der Waals surface area contributed by atoms with E-state index in [1.54, 1.807) is 24.0 Å². The van der Waals surface area contributed by atoms with Crippen molar-refractivity contribution in [2.45, 2.75) is 33.4 Å². The molecule has 0 bridgehead atoms. The Balaban J connectivity index is 2.64. The number of likely N-dealkylation sites (N-methyl/N-ethyl adjacent to an activating group) is 1. The quantitative estimate of drug-likeness (QED) is 0.872. The minimum atomic E-state index is -0.365. The molecule has 0 aliphatic heterocycles. The van der Waals surface area contributed by atoms with Gasteiger partial charge in [0.05, 0.1) is 6.04 Å². The van der Waals surface area contributed by atoms with Gasteiger partial charge in [0.15, 0.2) is 0 Å². The number of amides is 1. The van der Waals surface area contributed by atoms with Crippen molar-refractivity contribution in [2.75, 3.05) is 13.1 Å². The molecule has 3 nitrogen and oxygen atoms in total. The van der Waals surface area contributed by atoms with E-state index in [4.69, 9.17) is 11.6 Å². The molecule has 0 aromatic heterocycles. The SMILES string of the molecule is CCN(CC)C(=O)C(C)NCc1c(F)cccc1Cl. The van der Waals surface area contributed by atoms with Crippen LogP contribution in [0.1, 0.15) is 26.3 Å². The van der Waals surface area contributed by atoms with Crippen molar-refractivity contribution in [1.29, 1.82) is 0 Å². The van der Waals surface area contributed by atoms with Crippen molar-refractivity contribution in [3.05, 3.63) is 34.6 Å². The molecule has 0 radical (unpaired) electrons. The van der Waals surface area contributed by atoms with Gasteiger partial charge >= 0.3 is 0 Å². The van der Waals surface area contributed by atoms with Crippen LogP contribution in [0, 0.1) is 5.82 Å². The summed E-state index contributed by atoms with van der Waals surface area (Å²) >= 11 is 5.93. The number of nitrogens with zero attached hydrogens (tertiary/aromatic N) is 1. The number of carbonyl (C=O) groups is 1. The van der Waals surface area contributed by atoms with Crippen molar-refractivity contribution < 1.29 is 9.18 Å². The normalized spacial score (nSPS) is 12.3. The minimum Gasteiger partial charge on any atom is -0.342 e. The highest BCUT2D eigenvalue weighted by atomic mass is 35.5. The van der Waals surface area contributed by atoms with E-state index in [0.29, 0.717) is 23.7 Å². The lowest BCUT2D eigenvalue weighted by Gasteiger charge is -2.23. The zero-order valence-corrected chi connectivity index (χ0v) is 12.3. The first-order valence-electron chi connectivity index (χ1n) is 6.46. The maximum absolute atomic E-state index is 13.6. The van der Waals surface area contributed by atoms with Crippen LogP contribution in [-0.2, 0) is 11.3 Å². The molecule has 0 saturated carbocycles. The van der Waals surface area contributed by atoms with E-state index in [-0.39, 0.29) is 24.3 Å². The van der Waals surface area contributed by atoms with E-state index < -0.39 is 0 Å². The van der Waals surface area contributed by atoms with Gasteiger partial charge in [-0.1, -0.05) is 17.7 Å². The van der Waals surface area contributed by atoms with Crippen LogP contribution in [0.5, 0.6) is 0 Å². The predicted octanol–water partition coefficient (Wildman–Crippen LogP) is 2.83. The second-order valence-corrected chi connectivity index (χ2v) is 4.72. The molecular formula is C14H20ClFN2O. The molecule has 1 amide bonds. The third-order valence-electron chi connectivity index (χ3n) is 3.09. The Morgan fingerprint density at radius 1 is 1.42 bits per heavy atom. The molecule has 5 heteroatoms. The van der Waals surface area contributed by atoms with Gasteiger partial charge in [-0.15, -0.1) is 0 Å². The zero-order chi connectivity index (χ0) is 14.4. The fraction of sp³-hybridized carbons (Fsp3) is 0.500. The Bertz CT molecular complexity index is 415. The number of hydrogen-bond acceptors (Lipinski definition) is 2. The maximum Gasteiger partial charge on any atom is 0.239 e. The van der Waals surface area contributed by atoms with E-state index in [0.717, 1.165) is 0 Å². The first-order valence-corrected chi connectivity index (χ1v) is 6.84. The third kappa shape index (κ3) is 4.18. The first kappa shape index (κ1) is 15.9. The Hall–Kier alpha value is -1.13. The summed E-state index contributed by atoms with van der Waals surface area (Å²) in [6, 6.07) is 4.19. The van der Waals surface area contributed by atoms with Gasteiger partial charge in [0.2, 0.25) is 5.91 Å². The number of halogens is 2. The average molecular weight is 287 g/mol. The smallest absolute Gasteiger partial charge is 0.239 e. The minimum absolute atomic E-state index is 0.0115. The molecule has 1 aromatic rings. The Morgan fingerprint density at radius 3 is 2.58 bits per heavy atom. The molecule has 19 heavy (non-hydrogen) atoms. The number of rotatable bonds is 6. The van der Waals surface area contributed by atoms with Crippen LogP contribution < -0.4 is 5.32 Å².